The first kappa shape index (κ1) is 30.2. The van der Waals surface area contributed by atoms with Crippen LogP contribution in [0.3, 0.4) is 0 Å². The first-order chi connectivity index (χ1) is 20.5. The number of rotatable bonds is 14. The summed E-state index contributed by atoms with van der Waals surface area (Å²) >= 11 is 0. The standard InChI is InChI=1S/C32H41N5O4S/c1-3-36(4-2)27-17-19-28(20-18-27)42(38,39)35-29(24-40-22-25-12-7-5-8-13-25)31-33-34-32-30(16-11-21-37(31)32)41-23-26-14-9-6-10-15-26/h5-16,21,27-29,35H,3-4,17-20,22-24H2,1-2H3. The van der Waals surface area contributed by atoms with E-state index in [0.29, 0.717) is 49.3 Å². The molecule has 1 aliphatic rings. The molecule has 2 heterocycles. The van der Waals surface area contributed by atoms with Gasteiger partial charge in [-0.3, -0.25) is 4.40 Å². The molecule has 0 bridgehead atoms. The quantitative estimate of drug-likeness (QED) is 0.217. The summed E-state index contributed by atoms with van der Waals surface area (Å²) in [5.41, 5.74) is 2.57. The summed E-state index contributed by atoms with van der Waals surface area (Å²) in [6.45, 7) is 7.14. The molecule has 10 heteroatoms. The third-order valence-electron chi connectivity index (χ3n) is 8.09. The van der Waals surface area contributed by atoms with Crippen LogP contribution in [0.25, 0.3) is 5.65 Å². The normalized spacial score (nSPS) is 18.4. The number of hydrogen-bond donors (Lipinski definition) is 1. The van der Waals surface area contributed by atoms with Crippen molar-refractivity contribution in [1.29, 1.82) is 0 Å². The van der Waals surface area contributed by atoms with Gasteiger partial charge in [0.2, 0.25) is 15.7 Å². The summed E-state index contributed by atoms with van der Waals surface area (Å²) in [7, 11) is -3.65. The molecule has 0 saturated heterocycles. The molecule has 2 aromatic carbocycles. The number of nitrogens with zero attached hydrogens (tertiary/aromatic N) is 4. The fraction of sp³-hybridized carbons (Fsp3) is 0.438. The minimum absolute atomic E-state index is 0.110. The summed E-state index contributed by atoms with van der Waals surface area (Å²) in [4.78, 5) is 2.43. The zero-order valence-corrected chi connectivity index (χ0v) is 25.2. The maximum Gasteiger partial charge on any atom is 0.215 e. The van der Waals surface area contributed by atoms with Crippen LogP contribution in [-0.4, -0.2) is 58.9 Å². The largest absolute Gasteiger partial charge is 0.485 e. The highest BCUT2D eigenvalue weighted by molar-refractivity contribution is 7.90. The minimum atomic E-state index is -3.65. The molecule has 1 fully saturated rings. The zero-order chi connectivity index (χ0) is 29.4. The first-order valence-corrected chi connectivity index (χ1v) is 16.4. The van der Waals surface area contributed by atoms with E-state index in [1.165, 1.54) is 0 Å². The maximum absolute atomic E-state index is 13.7. The van der Waals surface area contributed by atoms with E-state index in [1.54, 1.807) is 4.40 Å². The lowest BCUT2D eigenvalue weighted by Gasteiger charge is -2.35. The number of aromatic nitrogens is 3. The third kappa shape index (κ3) is 7.36. The Morgan fingerprint density at radius 2 is 1.52 bits per heavy atom. The van der Waals surface area contributed by atoms with E-state index >= 15 is 0 Å². The van der Waals surface area contributed by atoms with Crippen LogP contribution in [0.4, 0.5) is 0 Å². The van der Waals surface area contributed by atoms with Crippen molar-refractivity contribution in [3.05, 3.63) is 95.9 Å². The summed E-state index contributed by atoms with van der Waals surface area (Å²) in [6, 6.07) is 23.1. The summed E-state index contributed by atoms with van der Waals surface area (Å²) in [5.74, 6) is 1.03. The van der Waals surface area contributed by atoms with E-state index in [2.05, 4.69) is 33.7 Å². The Morgan fingerprint density at radius 1 is 0.881 bits per heavy atom. The second kappa shape index (κ2) is 14.2. The molecular formula is C32H41N5O4S. The van der Waals surface area contributed by atoms with Crippen molar-refractivity contribution in [3.8, 4) is 5.75 Å². The molecule has 0 amide bonds. The monoisotopic (exact) mass is 591 g/mol. The number of ether oxygens (including phenoxy) is 2. The van der Waals surface area contributed by atoms with E-state index in [-0.39, 0.29) is 6.61 Å². The van der Waals surface area contributed by atoms with Gasteiger partial charge in [-0.05, 0) is 62.0 Å². The van der Waals surface area contributed by atoms with Crippen LogP contribution in [0.5, 0.6) is 5.75 Å². The Labute approximate surface area is 248 Å². The van der Waals surface area contributed by atoms with Crippen molar-refractivity contribution in [2.45, 2.75) is 70.1 Å². The van der Waals surface area contributed by atoms with Gasteiger partial charge in [-0.2, -0.15) is 0 Å². The zero-order valence-electron chi connectivity index (χ0n) is 24.4. The van der Waals surface area contributed by atoms with Crippen LogP contribution >= 0.6 is 0 Å². The van der Waals surface area contributed by atoms with E-state index in [0.717, 1.165) is 37.1 Å². The Kier molecular flexibility index (Phi) is 10.2. The summed E-state index contributed by atoms with van der Waals surface area (Å²) in [6.07, 6.45) is 4.84. The summed E-state index contributed by atoms with van der Waals surface area (Å²) < 4.78 is 44.4. The number of hydrogen-bond acceptors (Lipinski definition) is 7. The van der Waals surface area contributed by atoms with Crippen molar-refractivity contribution >= 4 is 15.7 Å². The molecule has 1 N–H and O–H groups in total. The highest BCUT2D eigenvalue weighted by Gasteiger charge is 2.35. The lowest BCUT2D eigenvalue weighted by molar-refractivity contribution is 0.102. The predicted octanol–water partition coefficient (Wildman–Crippen LogP) is 5.14. The number of fused-ring (bicyclic) bond motifs is 1. The van der Waals surface area contributed by atoms with Gasteiger partial charge >= 0.3 is 0 Å². The van der Waals surface area contributed by atoms with Crippen LogP contribution in [0, 0.1) is 0 Å². The van der Waals surface area contributed by atoms with E-state index in [1.807, 2.05) is 79.0 Å². The van der Waals surface area contributed by atoms with Crippen molar-refractivity contribution in [2.75, 3.05) is 19.7 Å². The lowest BCUT2D eigenvalue weighted by atomic mass is 9.94. The smallest absolute Gasteiger partial charge is 0.215 e. The molecule has 0 radical (unpaired) electrons. The molecular weight excluding hydrogens is 550 g/mol. The molecule has 5 rings (SSSR count). The van der Waals surface area contributed by atoms with Crippen LogP contribution in [0.2, 0.25) is 0 Å². The molecule has 2 aromatic heterocycles. The first-order valence-electron chi connectivity index (χ1n) is 14.9. The molecule has 1 atom stereocenters. The number of pyridine rings is 1. The number of benzene rings is 2. The van der Waals surface area contributed by atoms with Gasteiger partial charge < -0.3 is 14.4 Å². The van der Waals surface area contributed by atoms with Gasteiger partial charge in [-0.1, -0.05) is 74.5 Å². The molecule has 1 aliphatic carbocycles. The molecule has 0 spiro atoms. The molecule has 0 aliphatic heterocycles. The van der Waals surface area contributed by atoms with E-state index in [9.17, 15) is 8.42 Å². The van der Waals surface area contributed by atoms with Gasteiger partial charge in [-0.15, -0.1) is 10.2 Å². The molecule has 42 heavy (non-hydrogen) atoms. The molecule has 4 aromatic rings. The second-order valence-electron chi connectivity index (χ2n) is 10.8. The fourth-order valence-electron chi connectivity index (χ4n) is 5.78. The van der Waals surface area contributed by atoms with Gasteiger partial charge in [0.05, 0.1) is 18.5 Å². The third-order valence-corrected chi connectivity index (χ3v) is 10.1. The lowest BCUT2D eigenvalue weighted by Crippen LogP contribution is -2.44. The second-order valence-corrected chi connectivity index (χ2v) is 12.8. The molecule has 1 saturated carbocycles. The van der Waals surface area contributed by atoms with Crippen molar-refractivity contribution in [3.63, 3.8) is 0 Å². The van der Waals surface area contributed by atoms with E-state index < -0.39 is 21.3 Å². The molecule has 9 nitrogen and oxygen atoms in total. The Morgan fingerprint density at radius 3 is 2.17 bits per heavy atom. The minimum Gasteiger partial charge on any atom is -0.485 e. The fourth-order valence-corrected chi connectivity index (χ4v) is 7.44. The highest BCUT2D eigenvalue weighted by atomic mass is 32.2. The van der Waals surface area contributed by atoms with Gasteiger partial charge in [0.1, 0.15) is 12.6 Å². The van der Waals surface area contributed by atoms with Crippen molar-refractivity contribution < 1.29 is 17.9 Å². The van der Waals surface area contributed by atoms with Crippen LogP contribution < -0.4 is 9.46 Å². The molecule has 224 valence electrons. The Bertz CT molecular complexity index is 1500. The van der Waals surface area contributed by atoms with Crippen LogP contribution in [0.1, 0.15) is 62.5 Å². The van der Waals surface area contributed by atoms with Gasteiger partial charge in [0.25, 0.3) is 0 Å². The SMILES string of the molecule is CCN(CC)C1CCC(S(=O)(=O)NC(COCc2ccccc2)c2nnc3c(OCc4ccccc4)cccn23)CC1. The van der Waals surface area contributed by atoms with E-state index in [4.69, 9.17) is 9.47 Å². The Hall–Kier alpha value is -3.31. The molecule has 1 unspecified atom stereocenters. The van der Waals surface area contributed by atoms with Gasteiger partial charge in [0.15, 0.2) is 11.6 Å². The Balaban J connectivity index is 1.35. The maximum atomic E-state index is 13.7. The van der Waals surface area contributed by atoms with Crippen molar-refractivity contribution in [2.24, 2.45) is 0 Å². The highest BCUT2D eigenvalue weighted by Crippen LogP contribution is 2.29. The van der Waals surface area contributed by atoms with Crippen molar-refractivity contribution in [1.82, 2.24) is 24.2 Å². The van der Waals surface area contributed by atoms with Crippen LogP contribution in [-0.2, 0) is 28.0 Å². The summed E-state index contributed by atoms with van der Waals surface area (Å²) in [5, 5.41) is 8.39. The average molecular weight is 592 g/mol. The predicted molar refractivity (Wildman–Crippen MR) is 164 cm³/mol. The average Bonchev–Trinajstić information content (AvgIpc) is 3.46. The topological polar surface area (TPSA) is 98.1 Å². The van der Waals surface area contributed by atoms with Gasteiger partial charge in [-0.25, -0.2) is 13.1 Å². The van der Waals surface area contributed by atoms with Gasteiger partial charge in [0, 0.05) is 12.2 Å². The number of sulfonamides is 1. The number of nitrogens with one attached hydrogen (secondary N) is 1. The van der Waals surface area contributed by atoms with Crippen LogP contribution in [0.15, 0.2) is 79.0 Å².